The van der Waals surface area contributed by atoms with Gasteiger partial charge < -0.3 is 10.4 Å². The van der Waals surface area contributed by atoms with E-state index in [1.54, 1.807) is 30.3 Å². The van der Waals surface area contributed by atoms with Crippen LogP contribution in [0.25, 0.3) is 0 Å². The van der Waals surface area contributed by atoms with Crippen LogP contribution in [-0.2, 0) is 0 Å². The van der Waals surface area contributed by atoms with Crippen molar-refractivity contribution in [3.8, 4) is 0 Å². The minimum absolute atomic E-state index is 0.0273. The Bertz CT molecular complexity index is 393. The van der Waals surface area contributed by atoms with Crippen LogP contribution in [0, 0.1) is 5.41 Å². The van der Waals surface area contributed by atoms with E-state index in [2.05, 4.69) is 5.32 Å². The number of alkyl halides is 3. The van der Waals surface area contributed by atoms with Crippen LogP contribution in [0.2, 0.25) is 0 Å². The Morgan fingerprint density at radius 1 is 1.10 bits per heavy atom. The zero-order valence-electron chi connectivity index (χ0n) is 12.6. The molecule has 0 heterocycles. The van der Waals surface area contributed by atoms with E-state index in [1.165, 1.54) is 0 Å². The Kier molecular flexibility index (Phi) is 6.68. The van der Waals surface area contributed by atoms with Gasteiger partial charge in [0.05, 0.1) is 6.42 Å². The van der Waals surface area contributed by atoms with Crippen molar-refractivity contribution in [2.24, 2.45) is 5.41 Å². The lowest BCUT2D eigenvalue weighted by atomic mass is 9.82. The molecule has 0 fully saturated rings. The van der Waals surface area contributed by atoms with Crippen molar-refractivity contribution in [1.29, 1.82) is 0 Å². The van der Waals surface area contributed by atoms with Gasteiger partial charge in [0.1, 0.15) is 0 Å². The highest BCUT2D eigenvalue weighted by molar-refractivity contribution is 5.19. The Balaban J connectivity index is 2.83. The van der Waals surface area contributed by atoms with Gasteiger partial charge in [-0.15, -0.1) is 0 Å². The molecule has 0 aliphatic carbocycles. The van der Waals surface area contributed by atoms with Gasteiger partial charge in [0.25, 0.3) is 0 Å². The second kappa shape index (κ2) is 7.80. The van der Waals surface area contributed by atoms with Crippen LogP contribution in [0.1, 0.15) is 44.7 Å². The van der Waals surface area contributed by atoms with Crippen LogP contribution < -0.4 is 5.32 Å². The molecule has 1 rings (SSSR count). The summed E-state index contributed by atoms with van der Waals surface area (Å²) in [5, 5.41) is 12.5. The van der Waals surface area contributed by atoms with Gasteiger partial charge in [0.15, 0.2) is 0 Å². The van der Waals surface area contributed by atoms with Crippen molar-refractivity contribution >= 4 is 0 Å². The van der Waals surface area contributed by atoms with Gasteiger partial charge in [-0.05, 0) is 18.4 Å². The van der Waals surface area contributed by atoms with Gasteiger partial charge in [-0.25, -0.2) is 0 Å². The van der Waals surface area contributed by atoms with Gasteiger partial charge in [-0.3, -0.25) is 0 Å². The van der Waals surface area contributed by atoms with Crippen molar-refractivity contribution in [3.05, 3.63) is 35.9 Å². The van der Waals surface area contributed by atoms with E-state index in [0.717, 1.165) is 12.8 Å². The SMILES string of the molecule is CCC(CC)(CO)CNC(CC(F)(F)F)c1ccccc1. The third-order valence-corrected chi connectivity index (χ3v) is 4.20. The van der Waals surface area contributed by atoms with Crippen LogP contribution in [0.4, 0.5) is 13.2 Å². The lowest BCUT2D eigenvalue weighted by Crippen LogP contribution is -2.39. The summed E-state index contributed by atoms with van der Waals surface area (Å²) in [6.07, 6.45) is -3.69. The van der Waals surface area contributed by atoms with E-state index in [9.17, 15) is 18.3 Å². The summed E-state index contributed by atoms with van der Waals surface area (Å²) < 4.78 is 38.3. The number of aliphatic hydroxyl groups excluding tert-OH is 1. The summed E-state index contributed by atoms with van der Waals surface area (Å²) in [6.45, 7) is 4.23. The summed E-state index contributed by atoms with van der Waals surface area (Å²) >= 11 is 0. The standard InChI is InChI=1S/C16H24F3NO/c1-3-15(4-2,12-21)11-20-14(10-16(17,18)19)13-8-6-5-7-9-13/h5-9,14,20-21H,3-4,10-12H2,1-2H3. The zero-order valence-corrected chi connectivity index (χ0v) is 12.6. The molecule has 5 heteroatoms. The highest BCUT2D eigenvalue weighted by Crippen LogP contribution is 2.31. The molecule has 0 bridgehead atoms. The van der Waals surface area contributed by atoms with Crippen molar-refractivity contribution in [1.82, 2.24) is 5.32 Å². The van der Waals surface area contributed by atoms with Crippen molar-refractivity contribution in [2.75, 3.05) is 13.2 Å². The minimum atomic E-state index is -4.23. The molecule has 1 aromatic rings. The third kappa shape index (κ3) is 5.67. The fourth-order valence-electron chi connectivity index (χ4n) is 2.34. The molecule has 2 nitrogen and oxygen atoms in total. The Morgan fingerprint density at radius 2 is 1.67 bits per heavy atom. The average molecular weight is 303 g/mol. The average Bonchev–Trinajstić information content (AvgIpc) is 2.47. The number of nitrogens with one attached hydrogen (secondary N) is 1. The van der Waals surface area contributed by atoms with Crippen molar-refractivity contribution in [3.63, 3.8) is 0 Å². The normalized spacial score (nSPS) is 14.2. The predicted molar refractivity (Wildman–Crippen MR) is 78.0 cm³/mol. The molecule has 0 aliphatic heterocycles. The quantitative estimate of drug-likeness (QED) is 0.759. The molecular formula is C16H24F3NO. The van der Waals surface area contributed by atoms with E-state index in [-0.39, 0.29) is 12.0 Å². The Hall–Kier alpha value is -1.07. The number of hydrogen-bond acceptors (Lipinski definition) is 2. The molecule has 0 spiro atoms. The molecule has 0 aromatic heterocycles. The predicted octanol–water partition coefficient (Wildman–Crippen LogP) is 4.07. The number of aliphatic hydroxyl groups is 1. The maximum atomic E-state index is 12.8. The molecule has 0 saturated heterocycles. The minimum Gasteiger partial charge on any atom is -0.396 e. The van der Waals surface area contributed by atoms with Gasteiger partial charge in [-0.2, -0.15) is 13.2 Å². The first kappa shape index (κ1) is 18.0. The second-order valence-electron chi connectivity index (χ2n) is 5.53. The van der Waals surface area contributed by atoms with Crippen molar-refractivity contribution < 1.29 is 18.3 Å². The molecule has 0 aliphatic rings. The topological polar surface area (TPSA) is 32.3 Å². The molecule has 2 N–H and O–H groups in total. The summed E-state index contributed by atoms with van der Waals surface area (Å²) in [5.74, 6) is 0. The summed E-state index contributed by atoms with van der Waals surface area (Å²) in [6, 6.07) is 7.86. The maximum Gasteiger partial charge on any atom is 0.390 e. The summed E-state index contributed by atoms with van der Waals surface area (Å²) in [5.41, 5.74) is 0.257. The fraction of sp³-hybridized carbons (Fsp3) is 0.625. The number of hydrogen-bond donors (Lipinski definition) is 2. The maximum absolute atomic E-state index is 12.8. The molecule has 1 aromatic carbocycles. The van der Waals surface area contributed by atoms with Crippen LogP contribution in [0.3, 0.4) is 0 Å². The third-order valence-electron chi connectivity index (χ3n) is 4.20. The van der Waals surface area contributed by atoms with Crippen LogP contribution in [-0.4, -0.2) is 24.4 Å². The fourth-order valence-corrected chi connectivity index (χ4v) is 2.34. The smallest absolute Gasteiger partial charge is 0.390 e. The first-order valence-electron chi connectivity index (χ1n) is 7.31. The number of halogens is 3. The molecular weight excluding hydrogens is 279 g/mol. The molecule has 0 radical (unpaired) electrons. The first-order chi connectivity index (χ1) is 9.86. The second-order valence-corrected chi connectivity index (χ2v) is 5.53. The Morgan fingerprint density at radius 3 is 2.10 bits per heavy atom. The number of benzene rings is 1. The van der Waals surface area contributed by atoms with Gasteiger partial charge in [0.2, 0.25) is 0 Å². The Labute approximate surface area is 124 Å². The monoisotopic (exact) mass is 303 g/mol. The molecule has 21 heavy (non-hydrogen) atoms. The van der Waals surface area contributed by atoms with Crippen LogP contribution in [0.5, 0.6) is 0 Å². The van der Waals surface area contributed by atoms with Crippen LogP contribution in [0.15, 0.2) is 30.3 Å². The highest BCUT2D eigenvalue weighted by Gasteiger charge is 2.34. The van der Waals surface area contributed by atoms with E-state index in [1.807, 2.05) is 13.8 Å². The van der Waals surface area contributed by atoms with Gasteiger partial charge >= 0.3 is 6.18 Å². The zero-order chi connectivity index (χ0) is 15.9. The van der Waals surface area contributed by atoms with E-state index >= 15 is 0 Å². The van der Waals surface area contributed by atoms with Crippen LogP contribution >= 0.6 is 0 Å². The lowest BCUT2D eigenvalue weighted by molar-refractivity contribution is -0.140. The van der Waals surface area contributed by atoms with E-state index < -0.39 is 18.6 Å². The number of rotatable bonds is 8. The van der Waals surface area contributed by atoms with E-state index in [0.29, 0.717) is 12.1 Å². The molecule has 0 amide bonds. The molecule has 1 atom stereocenters. The van der Waals surface area contributed by atoms with Gasteiger partial charge in [-0.1, -0.05) is 44.2 Å². The lowest BCUT2D eigenvalue weighted by Gasteiger charge is -2.32. The summed E-state index contributed by atoms with van der Waals surface area (Å²) in [4.78, 5) is 0. The first-order valence-corrected chi connectivity index (χ1v) is 7.31. The van der Waals surface area contributed by atoms with Gasteiger partial charge in [0, 0.05) is 24.6 Å². The molecule has 1 unspecified atom stereocenters. The van der Waals surface area contributed by atoms with E-state index in [4.69, 9.17) is 0 Å². The molecule has 0 saturated carbocycles. The van der Waals surface area contributed by atoms with Crippen molar-refractivity contribution in [2.45, 2.75) is 45.3 Å². The molecule has 120 valence electrons. The largest absolute Gasteiger partial charge is 0.396 e. The summed E-state index contributed by atoms with van der Waals surface area (Å²) in [7, 11) is 0. The highest BCUT2D eigenvalue weighted by atomic mass is 19.4.